The van der Waals surface area contributed by atoms with Crippen LogP contribution in [-0.2, 0) is 23.4 Å². The standard InChI is InChI=1S/C15H22N4O3S/c1-4-19(12-7-8-23(20,21)10-12)9-14-16-17-15(22-14)13-6-5-11(2)18(13)3/h5-6,12H,4,7-10H2,1-3H3/t12-/m0/s1. The van der Waals surface area contributed by atoms with E-state index in [1.165, 1.54) is 0 Å². The van der Waals surface area contributed by atoms with Crippen LogP contribution in [0, 0.1) is 6.92 Å². The summed E-state index contributed by atoms with van der Waals surface area (Å²) in [4.78, 5) is 2.10. The first kappa shape index (κ1) is 16.2. The number of sulfone groups is 1. The molecule has 1 atom stereocenters. The highest BCUT2D eigenvalue weighted by atomic mass is 32.2. The highest BCUT2D eigenvalue weighted by Gasteiger charge is 2.32. The minimum Gasteiger partial charge on any atom is -0.418 e. The van der Waals surface area contributed by atoms with E-state index in [1.807, 2.05) is 37.6 Å². The van der Waals surface area contributed by atoms with Gasteiger partial charge >= 0.3 is 0 Å². The van der Waals surface area contributed by atoms with Crippen molar-refractivity contribution in [3.8, 4) is 11.6 Å². The van der Waals surface area contributed by atoms with Gasteiger partial charge < -0.3 is 8.98 Å². The lowest BCUT2D eigenvalue weighted by Gasteiger charge is -2.24. The summed E-state index contributed by atoms with van der Waals surface area (Å²) in [7, 11) is -0.941. The fourth-order valence-electron chi connectivity index (χ4n) is 2.99. The molecule has 126 valence electrons. The Bertz CT molecular complexity index is 794. The van der Waals surface area contributed by atoms with Crippen molar-refractivity contribution in [3.63, 3.8) is 0 Å². The zero-order valence-electron chi connectivity index (χ0n) is 13.7. The second-order valence-electron chi connectivity index (χ2n) is 6.04. The van der Waals surface area contributed by atoms with E-state index < -0.39 is 9.84 Å². The largest absolute Gasteiger partial charge is 0.418 e. The molecule has 0 aromatic carbocycles. The fourth-order valence-corrected chi connectivity index (χ4v) is 4.75. The molecule has 0 amide bonds. The van der Waals surface area contributed by atoms with Crippen molar-refractivity contribution in [2.45, 2.75) is 32.9 Å². The van der Waals surface area contributed by atoms with Crippen LogP contribution in [-0.4, -0.2) is 52.2 Å². The van der Waals surface area contributed by atoms with Crippen molar-refractivity contribution in [2.24, 2.45) is 7.05 Å². The SMILES string of the molecule is CCN(Cc1nnc(-c2ccc(C)n2C)o1)[C@H]1CCS(=O)(=O)C1. The molecule has 0 unspecified atom stereocenters. The Hall–Kier alpha value is -1.67. The van der Waals surface area contributed by atoms with Crippen LogP contribution in [0.2, 0.25) is 0 Å². The Balaban J connectivity index is 1.74. The quantitative estimate of drug-likeness (QED) is 0.819. The molecule has 1 fully saturated rings. The fraction of sp³-hybridized carbons (Fsp3) is 0.600. The molecular formula is C15H22N4O3S. The maximum atomic E-state index is 11.7. The van der Waals surface area contributed by atoms with Crippen molar-refractivity contribution in [3.05, 3.63) is 23.7 Å². The van der Waals surface area contributed by atoms with E-state index in [1.54, 1.807) is 0 Å². The third kappa shape index (κ3) is 3.32. The summed E-state index contributed by atoms with van der Waals surface area (Å²) in [6.07, 6.45) is 0.675. The molecule has 3 rings (SSSR count). The summed E-state index contributed by atoms with van der Waals surface area (Å²) in [6.45, 7) is 5.26. The first-order valence-electron chi connectivity index (χ1n) is 7.79. The molecule has 2 aromatic rings. The molecule has 2 aromatic heterocycles. The van der Waals surface area contributed by atoms with Crippen LogP contribution in [0.15, 0.2) is 16.5 Å². The number of rotatable bonds is 5. The van der Waals surface area contributed by atoms with Gasteiger partial charge in [0.05, 0.1) is 18.1 Å². The molecule has 0 aliphatic carbocycles. The Morgan fingerprint density at radius 1 is 1.39 bits per heavy atom. The van der Waals surface area contributed by atoms with Gasteiger partial charge in [0.15, 0.2) is 9.84 Å². The molecule has 1 saturated heterocycles. The van der Waals surface area contributed by atoms with E-state index in [2.05, 4.69) is 15.1 Å². The monoisotopic (exact) mass is 338 g/mol. The maximum Gasteiger partial charge on any atom is 0.264 e. The predicted molar refractivity (Wildman–Crippen MR) is 86.6 cm³/mol. The van der Waals surface area contributed by atoms with E-state index in [0.717, 1.165) is 17.9 Å². The van der Waals surface area contributed by atoms with E-state index in [-0.39, 0.29) is 17.5 Å². The van der Waals surface area contributed by atoms with Crippen molar-refractivity contribution in [1.82, 2.24) is 19.7 Å². The minimum absolute atomic E-state index is 0.0395. The molecule has 1 aliphatic heterocycles. The lowest BCUT2D eigenvalue weighted by atomic mass is 10.2. The lowest BCUT2D eigenvalue weighted by Crippen LogP contribution is -2.35. The molecule has 23 heavy (non-hydrogen) atoms. The zero-order chi connectivity index (χ0) is 16.6. The first-order valence-corrected chi connectivity index (χ1v) is 9.61. The Morgan fingerprint density at radius 2 is 2.17 bits per heavy atom. The molecule has 0 bridgehead atoms. The molecule has 0 spiro atoms. The summed E-state index contributed by atoms with van der Waals surface area (Å²) in [5.41, 5.74) is 2.00. The van der Waals surface area contributed by atoms with Crippen LogP contribution in [0.25, 0.3) is 11.6 Å². The summed E-state index contributed by atoms with van der Waals surface area (Å²) in [5.74, 6) is 1.50. The molecule has 0 N–H and O–H groups in total. The summed E-state index contributed by atoms with van der Waals surface area (Å²) < 4.78 is 31.1. The smallest absolute Gasteiger partial charge is 0.264 e. The van der Waals surface area contributed by atoms with Crippen LogP contribution in [0.5, 0.6) is 0 Å². The van der Waals surface area contributed by atoms with Gasteiger partial charge in [0.2, 0.25) is 5.89 Å². The average molecular weight is 338 g/mol. The highest BCUT2D eigenvalue weighted by Crippen LogP contribution is 2.22. The van der Waals surface area contributed by atoms with Crippen LogP contribution in [0.3, 0.4) is 0 Å². The number of aryl methyl sites for hydroxylation is 1. The van der Waals surface area contributed by atoms with Gasteiger partial charge in [-0.25, -0.2) is 8.42 Å². The van der Waals surface area contributed by atoms with Crippen molar-refractivity contribution in [2.75, 3.05) is 18.1 Å². The van der Waals surface area contributed by atoms with Gasteiger partial charge in [-0.15, -0.1) is 10.2 Å². The van der Waals surface area contributed by atoms with Gasteiger partial charge in [-0.2, -0.15) is 0 Å². The molecule has 1 aliphatic rings. The minimum atomic E-state index is -2.90. The number of hydrogen-bond acceptors (Lipinski definition) is 6. The second-order valence-corrected chi connectivity index (χ2v) is 8.27. The molecule has 0 saturated carbocycles. The number of hydrogen-bond donors (Lipinski definition) is 0. The highest BCUT2D eigenvalue weighted by molar-refractivity contribution is 7.91. The Morgan fingerprint density at radius 3 is 2.74 bits per heavy atom. The first-order chi connectivity index (χ1) is 10.9. The molecule has 7 nitrogen and oxygen atoms in total. The lowest BCUT2D eigenvalue weighted by molar-refractivity contribution is 0.195. The van der Waals surface area contributed by atoms with E-state index >= 15 is 0 Å². The molecular weight excluding hydrogens is 316 g/mol. The normalized spacial score (nSPS) is 20.4. The third-order valence-electron chi connectivity index (χ3n) is 4.53. The van der Waals surface area contributed by atoms with E-state index in [9.17, 15) is 8.42 Å². The van der Waals surface area contributed by atoms with Crippen molar-refractivity contribution in [1.29, 1.82) is 0 Å². The van der Waals surface area contributed by atoms with Crippen LogP contribution >= 0.6 is 0 Å². The predicted octanol–water partition coefficient (Wildman–Crippen LogP) is 1.39. The van der Waals surface area contributed by atoms with Crippen molar-refractivity contribution < 1.29 is 12.8 Å². The van der Waals surface area contributed by atoms with Gasteiger partial charge in [-0.1, -0.05) is 6.92 Å². The van der Waals surface area contributed by atoms with E-state index in [0.29, 0.717) is 24.7 Å². The van der Waals surface area contributed by atoms with Gasteiger partial charge in [0.1, 0.15) is 5.69 Å². The molecule has 0 radical (unpaired) electrons. The average Bonchev–Trinajstić information content (AvgIpc) is 3.18. The third-order valence-corrected chi connectivity index (χ3v) is 6.28. The topological polar surface area (TPSA) is 81.2 Å². The van der Waals surface area contributed by atoms with Gasteiger partial charge in [0, 0.05) is 18.8 Å². The number of nitrogens with zero attached hydrogens (tertiary/aromatic N) is 4. The maximum absolute atomic E-state index is 11.7. The summed E-state index contributed by atoms with van der Waals surface area (Å²) in [6, 6.07) is 3.99. The van der Waals surface area contributed by atoms with Crippen molar-refractivity contribution >= 4 is 9.84 Å². The zero-order valence-corrected chi connectivity index (χ0v) is 14.5. The van der Waals surface area contributed by atoms with Gasteiger partial charge in [0.25, 0.3) is 5.89 Å². The second kappa shape index (κ2) is 6.09. The Kier molecular flexibility index (Phi) is 4.29. The number of aromatic nitrogens is 3. The van der Waals surface area contributed by atoms with Crippen LogP contribution in [0.1, 0.15) is 24.9 Å². The molecule has 3 heterocycles. The molecule has 8 heteroatoms. The summed E-state index contributed by atoms with van der Waals surface area (Å²) in [5, 5.41) is 8.24. The van der Waals surface area contributed by atoms with Gasteiger partial charge in [-0.05, 0) is 32.0 Å². The van der Waals surface area contributed by atoms with Gasteiger partial charge in [-0.3, -0.25) is 4.90 Å². The van der Waals surface area contributed by atoms with Crippen LogP contribution < -0.4 is 0 Å². The van der Waals surface area contributed by atoms with Crippen LogP contribution in [0.4, 0.5) is 0 Å². The van der Waals surface area contributed by atoms with E-state index in [4.69, 9.17) is 4.42 Å². The Labute approximate surface area is 136 Å². The summed E-state index contributed by atoms with van der Waals surface area (Å²) >= 11 is 0.